The van der Waals surface area contributed by atoms with E-state index in [1.54, 1.807) is 6.33 Å². The van der Waals surface area contributed by atoms with E-state index in [9.17, 15) is 0 Å². The number of thioether (sulfide) groups is 1. The second-order valence-electron chi connectivity index (χ2n) is 3.75. The Kier molecular flexibility index (Phi) is 3.08. The summed E-state index contributed by atoms with van der Waals surface area (Å²) in [5.74, 6) is 0.664. The van der Waals surface area contributed by atoms with Gasteiger partial charge in [0, 0.05) is 12.3 Å². The van der Waals surface area contributed by atoms with Gasteiger partial charge in [-0.3, -0.25) is 0 Å². The van der Waals surface area contributed by atoms with E-state index in [4.69, 9.17) is 5.73 Å². The van der Waals surface area contributed by atoms with Crippen molar-refractivity contribution in [1.82, 2.24) is 14.8 Å². The molecule has 14 heavy (non-hydrogen) atoms. The first-order valence-electron chi connectivity index (χ1n) is 5.02. The van der Waals surface area contributed by atoms with E-state index in [0.29, 0.717) is 11.2 Å². The van der Waals surface area contributed by atoms with Crippen LogP contribution in [0.15, 0.2) is 11.5 Å². The molecule has 2 atom stereocenters. The molecule has 0 spiro atoms. The fourth-order valence-electron chi connectivity index (χ4n) is 1.96. The predicted octanol–water partition coefficient (Wildman–Crippen LogP) is 1.03. The second kappa shape index (κ2) is 4.31. The fraction of sp³-hybridized carbons (Fsp3) is 0.778. The van der Waals surface area contributed by atoms with Gasteiger partial charge in [-0.2, -0.15) is 5.10 Å². The van der Waals surface area contributed by atoms with Crippen molar-refractivity contribution in [2.45, 2.75) is 29.7 Å². The molecule has 0 saturated heterocycles. The summed E-state index contributed by atoms with van der Waals surface area (Å²) in [6, 6.07) is 0. The Morgan fingerprint density at radius 1 is 1.64 bits per heavy atom. The van der Waals surface area contributed by atoms with Gasteiger partial charge in [-0.1, -0.05) is 18.2 Å². The van der Waals surface area contributed by atoms with Crippen LogP contribution in [0, 0.1) is 5.92 Å². The predicted molar refractivity (Wildman–Crippen MR) is 57.0 cm³/mol. The van der Waals surface area contributed by atoms with E-state index in [1.807, 2.05) is 23.5 Å². The summed E-state index contributed by atoms with van der Waals surface area (Å²) < 4.78 is 1.83. The molecular weight excluding hydrogens is 196 g/mol. The van der Waals surface area contributed by atoms with Gasteiger partial charge in [-0.15, -0.1) is 0 Å². The average Bonchev–Trinajstić information content (AvgIpc) is 2.77. The number of aryl methyl sites for hydroxylation is 1. The van der Waals surface area contributed by atoms with Gasteiger partial charge in [0.05, 0.1) is 0 Å². The summed E-state index contributed by atoms with van der Waals surface area (Å²) in [4.78, 5) is 4.22. The van der Waals surface area contributed by atoms with Crippen molar-refractivity contribution in [3.05, 3.63) is 6.33 Å². The average molecular weight is 212 g/mol. The van der Waals surface area contributed by atoms with Crippen LogP contribution >= 0.6 is 11.8 Å². The minimum Gasteiger partial charge on any atom is -0.330 e. The molecule has 78 valence electrons. The third kappa shape index (κ3) is 1.93. The summed E-state index contributed by atoms with van der Waals surface area (Å²) >= 11 is 1.83. The lowest BCUT2D eigenvalue weighted by molar-refractivity contribution is 0.570. The van der Waals surface area contributed by atoms with Crippen LogP contribution in [-0.2, 0) is 7.05 Å². The van der Waals surface area contributed by atoms with Gasteiger partial charge < -0.3 is 5.73 Å². The highest BCUT2D eigenvalue weighted by Crippen LogP contribution is 2.37. The quantitative estimate of drug-likeness (QED) is 0.813. The van der Waals surface area contributed by atoms with E-state index in [1.165, 1.54) is 19.3 Å². The largest absolute Gasteiger partial charge is 0.330 e. The molecule has 0 aliphatic heterocycles. The van der Waals surface area contributed by atoms with E-state index in [2.05, 4.69) is 10.1 Å². The summed E-state index contributed by atoms with van der Waals surface area (Å²) in [6.07, 6.45) is 5.44. The zero-order chi connectivity index (χ0) is 9.97. The topological polar surface area (TPSA) is 56.7 Å². The third-order valence-electron chi connectivity index (χ3n) is 2.82. The first-order chi connectivity index (χ1) is 6.81. The maximum absolute atomic E-state index is 5.74. The van der Waals surface area contributed by atoms with Crippen molar-refractivity contribution in [2.75, 3.05) is 6.54 Å². The number of hydrogen-bond acceptors (Lipinski definition) is 4. The van der Waals surface area contributed by atoms with Gasteiger partial charge in [-0.25, -0.2) is 9.67 Å². The lowest BCUT2D eigenvalue weighted by Crippen LogP contribution is -2.20. The standard InChI is InChI=1S/C9H16N4S/c1-13-9(11-6-12-13)14-8-4-2-3-7(8)5-10/h6-8H,2-5,10H2,1H3. The number of aromatic nitrogens is 3. The van der Waals surface area contributed by atoms with Crippen molar-refractivity contribution in [3.8, 4) is 0 Å². The SMILES string of the molecule is Cn1ncnc1SC1CCCC1CN. The molecule has 2 unspecified atom stereocenters. The summed E-state index contributed by atoms with van der Waals surface area (Å²) in [5.41, 5.74) is 5.74. The van der Waals surface area contributed by atoms with Gasteiger partial charge in [0.25, 0.3) is 0 Å². The smallest absolute Gasteiger partial charge is 0.186 e. The third-order valence-corrected chi connectivity index (χ3v) is 4.32. The highest BCUT2D eigenvalue weighted by atomic mass is 32.2. The van der Waals surface area contributed by atoms with Crippen molar-refractivity contribution in [3.63, 3.8) is 0 Å². The van der Waals surface area contributed by atoms with Gasteiger partial charge in [0.1, 0.15) is 6.33 Å². The van der Waals surface area contributed by atoms with Crippen molar-refractivity contribution >= 4 is 11.8 Å². The highest BCUT2D eigenvalue weighted by Gasteiger charge is 2.27. The molecule has 0 aromatic carbocycles. The van der Waals surface area contributed by atoms with Crippen LogP contribution in [0.2, 0.25) is 0 Å². The fourth-order valence-corrected chi connectivity index (χ4v) is 3.26. The Bertz CT molecular complexity index is 299. The monoisotopic (exact) mass is 212 g/mol. The molecule has 0 amide bonds. The first-order valence-corrected chi connectivity index (χ1v) is 5.90. The molecule has 1 aromatic rings. The van der Waals surface area contributed by atoms with E-state index in [0.717, 1.165) is 11.7 Å². The number of nitrogens with two attached hydrogens (primary N) is 1. The number of hydrogen-bond donors (Lipinski definition) is 1. The van der Waals surface area contributed by atoms with E-state index < -0.39 is 0 Å². The molecular formula is C9H16N4S. The minimum absolute atomic E-state index is 0.642. The summed E-state index contributed by atoms with van der Waals surface area (Å²) in [5, 5.41) is 5.71. The van der Waals surface area contributed by atoms with Crippen molar-refractivity contribution in [1.29, 1.82) is 0 Å². The van der Waals surface area contributed by atoms with Gasteiger partial charge in [-0.05, 0) is 25.3 Å². The number of nitrogens with zero attached hydrogens (tertiary/aromatic N) is 3. The van der Waals surface area contributed by atoms with Gasteiger partial charge in [0.2, 0.25) is 0 Å². The Morgan fingerprint density at radius 2 is 2.50 bits per heavy atom. The molecule has 2 rings (SSSR count). The highest BCUT2D eigenvalue weighted by molar-refractivity contribution is 7.99. The Balaban J connectivity index is 2.00. The molecule has 0 radical (unpaired) electrons. The zero-order valence-electron chi connectivity index (χ0n) is 8.39. The maximum Gasteiger partial charge on any atom is 0.186 e. The van der Waals surface area contributed by atoms with Gasteiger partial charge in [0.15, 0.2) is 5.16 Å². The second-order valence-corrected chi connectivity index (χ2v) is 4.96. The maximum atomic E-state index is 5.74. The normalized spacial score (nSPS) is 27.0. The van der Waals surface area contributed by atoms with Crippen molar-refractivity contribution in [2.24, 2.45) is 18.7 Å². The molecule has 2 N–H and O–H groups in total. The van der Waals surface area contributed by atoms with Crippen LogP contribution in [0.1, 0.15) is 19.3 Å². The molecule has 5 heteroatoms. The molecule has 1 aromatic heterocycles. The van der Waals surface area contributed by atoms with E-state index >= 15 is 0 Å². The zero-order valence-corrected chi connectivity index (χ0v) is 9.20. The Labute approximate surface area is 88.3 Å². The summed E-state index contributed by atoms with van der Waals surface area (Å²) in [6.45, 7) is 0.801. The lowest BCUT2D eigenvalue weighted by atomic mass is 10.1. The first kappa shape index (κ1) is 9.98. The molecule has 1 fully saturated rings. The lowest BCUT2D eigenvalue weighted by Gasteiger charge is -2.15. The van der Waals surface area contributed by atoms with Crippen LogP contribution < -0.4 is 5.73 Å². The molecule has 1 aliphatic rings. The van der Waals surface area contributed by atoms with Crippen molar-refractivity contribution < 1.29 is 0 Å². The van der Waals surface area contributed by atoms with Crippen LogP contribution in [-0.4, -0.2) is 26.6 Å². The minimum atomic E-state index is 0.642. The molecule has 1 aliphatic carbocycles. The summed E-state index contributed by atoms with van der Waals surface area (Å²) in [7, 11) is 1.93. The Morgan fingerprint density at radius 3 is 3.14 bits per heavy atom. The number of rotatable bonds is 3. The van der Waals surface area contributed by atoms with Gasteiger partial charge >= 0.3 is 0 Å². The molecule has 4 nitrogen and oxygen atoms in total. The van der Waals surface area contributed by atoms with Crippen LogP contribution in [0.5, 0.6) is 0 Å². The van der Waals surface area contributed by atoms with Crippen LogP contribution in [0.25, 0.3) is 0 Å². The molecule has 1 heterocycles. The van der Waals surface area contributed by atoms with E-state index in [-0.39, 0.29) is 0 Å². The molecule has 0 bridgehead atoms. The Hall–Kier alpha value is -0.550. The molecule has 1 saturated carbocycles. The van der Waals surface area contributed by atoms with Crippen LogP contribution in [0.4, 0.5) is 0 Å². The van der Waals surface area contributed by atoms with Crippen LogP contribution in [0.3, 0.4) is 0 Å².